The Morgan fingerprint density at radius 1 is 1.03 bits per heavy atom. The fourth-order valence-electron chi connectivity index (χ4n) is 3.99. The highest BCUT2D eigenvalue weighted by Crippen LogP contribution is 2.40. The average molecular weight is 406 g/mol. The van der Waals surface area contributed by atoms with Gasteiger partial charge in [-0.15, -0.1) is 0 Å². The molecule has 3 aromatic rings. The van der Waals surface area contributed by atoms with Gasteiger partial charge in [-0.05, 0) is 69.6 Å². The minimum absolute atomic E-state index is 0.00243. The average Bonchev–Trinajstić information content (AvgIpc) is 3.27. The summed E-state index contributed by atoms with van der Waals surface area (Å²) in [6, 6.07) is 21.0. The van der Waals surface area contributed by atoms with Gasteiger partial charge in [-0.1, -0.05) is 24.3 Å². The van der Waals surface area contributed by atoms with E-state index in [-0.39, 0.29) is 12.1 Å². The third-order valence-electron chi connectivity index (χ3n) is 5.41. The number of para-hydroxylation sites is 1. The predicted octanol–water partition coefficient (Wildman–Crippen LogP) is 3.71. The van der Waals surface area contributed by atoms with E-state index in [9.17, 15) is 0 Å². The van der Waals surface area contributed by atoms with Crippen LogP contribution in [0, 0.1) is 6.92 Å². The van der Waals surface area contributed by atoms with Crippen LogP contribution in [0.5, 0.6) is 0 Å². The maximum absolute atomic E-state index is 5.77. The molecule has 0 spiro atoms. The molecular formula is C23H27N5S. The van der Waals surface area contributed by atoms with Crippen molar-refractivity contribution in [3.05, 3.63) is 83.9 Å². The van der Waals surface area contributed by atoms with Gasteiger partial charge in [0.25, 0.3) is 0 Å². The van der Waals surface area contributed by atoms with Crippen molar-refractivity contribution in [1.82, 2.24) is 24.7 Å². The summed E-state index contributed by atoms with van der Waals surface area (Å²) in [7, 11) is 4.18. The SMILES string of the molecule is Cc1ccc(C2C(c3ccccn3)NC(=S)N2CCN(C)C)n1-c1ccccc1. The second-order valence-electron chi connectivity index (χ2n) is 7.69. The molecule has 0 saturated carbocycles. The zero-order valence-electron chi connectivity index (χ0n) is 17.1. The number of thiocarbonyl (C=S) groups is 1. The van der Waals surface area contributed by atoms with Crippen LogP contribution in [0.3, 0.4) is 0 Å². The lowest BCUT2D eigenvalue weighted by Crippen LogP contribution is -2.36. The van der Waals surface area contributed by atoms with Crippen LogP contribution in [0.4, 0.5) is 0 Å². The van der Waals surface area contributed by atoms with Gasteiger partial charge in [0.05, 0.1) is 17.8 Å². The van der Waals surface area contributed by atoms with Gasteiger partial charge < -0.3 is 19.7 Å². The zero-order chi connectivity index (χ0) is 20.4. The van der Waals surface area contributed by atoms with E-state index in [2.05, 4.69) is 88.2 Å². The number of nitrogens with one attached hydrogen (secondary N) is 1. The number of hydrogen-bond acceptors (Lipinski definition) is 3. The molecule has 2 atom stereocenters. The summed E-state index contributed by atoms with van der Waals surface area (Å²) in [6.07, 6.45) is 1.85. The second-order valence-corrected chi connectivity index (χ2v) is 8.08. The third-order valence-corrected chi connectivity index (χ3v) is 5.76. The van der Waals surface area contributed by atoms with Crippen LogP contribution in [0.15, 0.2) is 66.9 Å². The Morgan fingerprint density at radius 3 is 2.48 bits per heavy atom. The molecule has 1 aliphatic rings. The van der Waals surface area contributed by atoms with Gasteiger partial charge in [0.2, 0.25) is 0 Å². The van der Waals surface area contributed by atoms with Gasteiger partial charge in [0.15, 0.2) is 5.11 Å². The second kappa shape index (κ2) is 8.35. The Labute approximate surface area is 178 Å². The molecule has 5 nitrogen and oxygen atoms in total. The molecule has 0 bridgehead atoms. The molecule has 2 unspecified atom stereocenters. The summed E-state index contributed by atoms with van der Waals surface area (Å²) < 4.78 is 2.33. The van der Waals surface area contributed by atoms with E-state index in [1.54, 1.807) is 0 Å². The van der Waals surface area contributed by atoms with Crippen molar-refractivity contribution in [2.24, 2.45) is 0 Å². The number of hydrogen-bond donors (Lipinski definition) is 1. The number of likely N-dealkylation sites (N-methyl/N-ethyl adjacent to an activating group) is 1. The van der Waals surface area contributed by atoms with Gasteiger partial charge in [0.1, 0.15) is 0 Å². The van der Waals surface area contributed by atoms with Crippen LogP contribution in [0.25, 0.3) is 5.69 Å². The topological polar surface area (TPSA) is 36.3 Å². The lowest BCUT2D eigenvalue weighted by Gasteiger charge is -2.30. The van der Waals surface area contributed by atoms with Crippen LogP contribution >= 0.6 is 12.2 Å². The van der Waals surface area contributed by atoms with E-state index in [4.69, 9.17) is 12.2 Å². The first kappa shape index (κ1) is 19.6. The summed E-state index contributed by atoms with van der Waals surface area (Å²) in [6.45, 7) is 3.93. The van der Waals surface area contributed by atoms with Crippen molar-refractivity contribution in [3.63, 3.8) is 0 Å². The summed E-state index contributed by atoms with van der Waals surface area (Å²) >= 11 is 5.77. The molecule has 1 aromatic carbocycles. The molecule has 0 amide bonds. The summed E-state index contributed by atoms with van der Waals surface area (Å²) in [5, 5.41) is 4.33. The Kier molecular flexibility index (Phi) is 5.65. The zero-order valence-corrected chi connectivity index (χ0v) is 17.9. The number of aryl methyl sites for hydroxylation is 1. The van der Waals surface area contributed by atoms with Crippen molar-refractivity contribution >= 4 is 17.3 Å². The molecule has 3 heterocycles. The first-order valence-corrected chi connectivity index (χ1v) is 10.3. The number of aromatic nitrogens is 2. The van der Waals surface area contributed by atoms with E-state index in [1.807, 2.05) is 24.4 Å². The minimum Gasteiger partial charge on any atom is -0.352 e. The van der Waals surface area contributed by atoms with E-state index in [1.165, 1.54) is 11.4 Å². The Balaban J connectivity index is 1.81. The maximum atomic E-state index is 5.77. The molecule has 1 saturated heterocycles. The molecule has 150 valence electrons. The Morgan fingerprint density at radius 2 is 1.79 bits per heavy atom. The van der Waals surface area contributed by atoms with Crippen LogP contribution in [0.1, 0.15) is 29.2 Å². The first-order valence-electron chi connectivity index (χ1n) is 9.92. The molecule has 2 aromatic heterocycles. The van der Waals surface area contributed by atoms with Crippen LogP contribution in [-0.2, 0) is 0 Å². The largest absolute Gasteiger partial charge is 0.352 e. The maximum Gasteiger partial charge on any atom is 0.170 e. The monoisotopic (exact) mass is 405 g/mol. The fourth-order valence-corrected chi connectivity index (χ4v) is 4.33. The van der Waals surface area contributed by atoms with Crippen molar-refractivity contribution in [2.75, 3.05) is 27.2 Å². The lowest BCUT2D eigenvalue weighted by molar-refractivity contribution is 0.272. The molecule has 1 fully saturated rings. The molecule has 1 aliphatic heterocycles. The first-order chi connectivity index (χ1) is 14.1. The number of pyridine rings is 1. The van der Waals surface area contributed by atoms with E-state index in [0.29, 0.717) is 0 Å². The highest BCUT2D eigenvalue weighted by Gasteiger charge is 2.41. The van der Waals surface area contributed by atoms with Crippen LogP contribution in [0.2, 0.25) is 0 Å². The lowest BCUT2D eigenvalue weighted by atomic mass is 10.0. The summed E-state index contributed by atoms with van der Waals surface area (Å²) in [5.74, 6) is 0. The number of rotatable bonds is 6. The predicted molar refractivity (Wildman–Crippen MR) is 121 cm³/mol. The highest BCUT2D eigenvalue weighted by molar-refractivity contribution is 7.80. The van der Waals surface area contributed by atoms with E-state index < -0.39 is 0 Å². The molecule has 1 N–H and O–H groups in total. The summed E-state index contributed by atoms with van der Waals surface area (Å²) in [4.78, 5) is 9.14. The standard InChI is InChI=1S/C23H27N5S/c1-17-12-13-20(28(17)18-9-5-4-6-10-18)22-21(19-11-7-8-14-24-19)25-23(29)27(22)16-15-26(2)3/h4-14,21-22H,15-16H2,1-3H3,(H,25,29). The number of benzene rings is 1. The fraction of sp³-hybridized carbons (Fsp3) is 0.304. The Bertz CT molecular complexity index is 967. The van der Waals surface area contributed by atoms with Gasteiger partial charge in [-0.2, -0.15) is 0 Å². The summed E-state index contributed by atoms with van der Waals surface area (Å²) in [5.41, 5.74) is 4.59. The van der Waals surface area contributed by atoms with E-state index in [0.717, 1.165) is 29.6 Å². The van der Waals surface area contributed by atoms with E-state index >= 15 is 0 Å². The van der Waals surface area contributed by atoms with Gasteiger partial charge in [-0.3, -0.25) is 4.98 Å². The normalized spacial score (nSPS) is 19.0. The molecular weight excluding hydrogens is 378 g/mol. The quantitative estimate of drug-likeness (QED) is 0.633. The van der Waals surface area contributed by atoms with Crippen molar-refractivity contribution in [2.45, 2.75) is 19.0 Å². The molecule has 29 heavy (non-hydrogen) atoms. The molecule has 0 aliphatic carbocycles. The van der Waals surface area contributed by atoms with Crippen molar-refractivity contribution < 1.29 is 0 Å². The van der Waals surface area contributed by atoms with Crippen molar-refractivity contribution in [1.29, 1.82) is 0 Å². The Hall–Kier alpha value is -2.70. The minimum atomic E-state index is 0.00243. The highest BCUT2D eigenvalue weighted by atomic mass is 32.1. The van der Waals surface area contributed by atoms with Gasteiger partial charge in [0, 0.05) is 36.4 Å². The van der Waals surface area contributed by atoms with Crippen molar-refractivity contribution in [3.8, 4) is 5.69 Å². The third kappa shape index (κ3) is 3.91. The number of nitrogens with zero attached hydrogens (tertiary/aromatic N) is 4. The molecule has 4 rings (SSSR count). The molecule has 0 radical (unpaired) electrons. The van der Waals surface area contributed by atoms with Gasteiger partial charge >= 0.3 is 0 Å². The van der Waals surface area contributed by atoms with Crippen LogP contribution < -0.4 is 5.32 Å². The molecule has 6 heteroatoms. The van der Waals surface area contributed by atoms with Gasteiger partial charge in [-0.25, -0.2) is 0 Å². The smallest absolute Gasteiger partial charge is 0.170 e. The van der Waals surface area contributed by atoms with Crippen LogP contribution in [-0.4, -0.2) is 51.6 Å².